The first-order chi connectivity index (χ1) is 17.3. The summed E-state index contributed by atoms with van der Waals surface area (Å²) >= 11 is 0. The highest BCUT2D eigenvalue weighted by molar-refractivity contribution is 5.79. The molecule has 6 heteroatoms. The molecule has 1 heterocycles. The molecule has 0 spiro atoms. The Morgan fingerprint density at radius 3 is 2.50 bits per heavy atom. The highest BCUT2D eigenvalue weighted by atomic mass is 16.5. The first-order valence-electron chi connectivity index (χ1n) is 12.5. The largest absolute Gasteiger partial charge is 0.491 e. The van der Waals surface area contributed by atoms with Crippen molar-refractivity contribution in [1.29, 1.82) is 0 Å². The van der Waals surface area contributed by atoms with Crippen molar-refractivity contribution in [2.24, 2.45) is 0 Å². The Morgan fingerprint density at radius 1 is 0.944 bits per heavy atom. The lowest BCUT2D eigenvalue weighted by Crippen LogP contribution is -2.33. The number of aryl methyl sites for hydroxylation is 2. The zero-order valence-corrected chi connectivity index (χ0v) is 21.7. The number of hydrogen-bond acceptors (Lipinski definition) is 4. The zero-order chi connectivity index (χ0) is 25.7. The molecule has 0 saturated carbocycles. The van der Waals surface area contributed by atoms with Gasteiger partial charge in [-0.05, 0) is 67.6 Å². The van der Waals surface area contributed by atoms with Crippen molar-refractivity contribution < 1.29 is 14.3 Å². The van der Waals surface area contributed by atoms with Crippen LogP contribution in [0, 0.1) is 13.8 Å². The van der Waals surface area contributed by atoms with Crippen LogP contribution in [0.4, 0.5) is 0 Å². The van der Waals surface area contributed by atoms with Crippen LogP contribution in [0.3, 0.4) is 0 Å². The molecule has 4 aromatic rings. The van der Waals surface area contributed by atoms with E-state index in [2.05, 4.69) is 29.8 Å². The number of para-hydroxylation sites is 3. The van der Waals surface area contributed by atoms with Gasteiger partial charge in [-0.25, -0.2) is 4.98 Å². The third kappa shape index (κ3) is 5.88. The molecule has 4 rings (SSSR count). The van der Waals surface area contributed by atoms with Crippen molar-refractivity contribution in [3.63, 3.8) is 0 Å². The number of rotatable bonds is 10. The Balaban J connectivity index is 1.46. The number of ether oxygens (including phenoxy) is 2. The number of hydrogen-bond donors (Lipinski definition) is 1. The first-order valence-corrected chi connectivity index (χ1v) is 12.5. The van der Waals surface area contributed by atoms with Crippen LogP contribution in [-0.4, -0.2) is 28.7 Å². The summed E-state index contributed by atoms with van der Waals surface area (Å²) in [4.78, 5) is 17.6. The van der Waals surface area contributed by atoms with Gasteiger partial charge in [-0.2, -0.15) is 0 Å². The molecule has 0 aliphatic heterocycles. The van der Waals surface area contributed by atoms with Crippen molar-refractivity contribution in [3.05, 3.63) is 89.2 Å². The highest BCUT2D eigenvalue weighted by Crippen LogP contribution is 2.26. The van der Waals surface area contributed by atoms with Gasteiger partial charge in [0.1, 0.15) is 23.9 Å². The number of fused-ring (bicyclic) bond motifs is 1. The monoisotopic (exact) mass is 485 g/mol. The zero-order valence-electron chi connectivity index (χ0n) is 21.7. The van der Waals surface area contributed by atoms with E-state index in [1.165, 1.54) is 5.56 Å². The van der Waals surface area contributed by atoms with Gasteiger partial charge >= 0.3 is 0 Å². The van der Waals surface area contributed by atoms with Gasteiger partial charge in [-0.15, -0.1) is 0 Å². The maximum absolute atomic E-state index is 12.7. The number of imidazole rings is 1. The van der Waals surface area contributed by atoms with Crippen LogP contribution in [0.25, 0.3) is 11.0 Å². The van der Waals surface area contributed by atoms with Gasteiger partial charge in [-0.1, -0.05) is 56.3 Å². The van der Waals surface area contributed by atoms with E-state index < -0.39 is 0 Å². The van der Waals surface area contributed by atoms with E-state index in [9.17, 15) is 4.79 Å². The minimum Gasteiger partial charge on any atom is -0.491 e. The number of carbonyl (C=O) groups excluding carboxylic acids is 1. The van der Waals surface area contributed by atoms with Crippen molar-refractivity contribution in [2.75, 3.05) is 13.2 Å². The Morgan fingerprint density at radius 2 is 1.69 bits per heavy atom. The predicted molar refractivity (Wildman–Crippen MR) is 144 cm³/mol. The number of benzene rings is 3. The maximum atomic E-state index is 12.7. The van der Waals surface area contributed by atoms with E-state index in [4.69, 9.17) is 14.5 Å². The molecular formula is C30H35N3O3. The smallest absolute Gasteiger partial charge is 0.258 e. The van der Waals surface area contributed by atoms with Gasteiger partial charge in [0.05, 0.1) is 23.6 Å². The molecule has 36 heavy (non-hydrogen) atoms. The number of nitrogens with one attached hydrogen (secondary N) is 1. The minimum absolute atomic E-state index is 0.0516. The Hall–Kier alpha value is -3.80. The molecule has 0 fully saturated rings. The molecule has 1 amide bonds. The maximum Gasteiger partial charge on any atom is 0.258 e. The van der Waals surface area contributed by atoms with Crippen molar-refractivity contribution in [1.82, 2.24) is 14.9 Å². The summed E-state index contributed by atoms with van der Waals surface area (Å²) in [7, 11) is 0. The average Bonchev–Trinajstić information content (AvgIpc) is 3.23. The number of amides is 1. The molecule has 0 aliphatic carbocycles. The topological polar surface area (TPSA) is 65.4 Å². The second-order valence-electron chi connectivity index (χ2n) is 9.50. The normalized spacial score (nSPS) is 12.1. The van der Waals surface area contributed by atoms with E-state index in [1.807, 2.05) is 81.4 Å². The van der Waals surface area contributed by atoms with Crippen LogP contribution < -0.4 is 14.8 Å². The fourth-order valence-corrected chi connectivity index (χ4v) is 4.35. The molecule has 0 bridgehead atoms. The molecule has 1 atom stereocenters. The molecule has 0 saturated heterocycles. The molecule has 188 valence electrons. The molecule has 1 N–H and O–H groups in total. The lowest BCUT2D eigenvalue weighted by atomic mass is 10.0. The van der Waals surface area contributed by atoms with Gasteiger partial charge < -0.3 is 19.4 Å². The summed E-state index contributed by atoms with van der Waals surface area (Å²) in [5, 5.41) is 3.05. The number of carbonyl (C=O) groups is 1. The summed E-state index contributed by atoms with van der Waals surface area (Å²) in [6.45, 7) is 11.3. The summed E-state index contributed by atoms with van der Waals surface area (Å²) in [5.41, 5.74) is 5.19. The first kappa shape index (κ1) is 25.3. The molecule has 0 radical (unpaired) electrons. The van der Waals surface area contributed by atoms with Crippen molar-refractivity contribution in [3.8, 4) is 11.5 Å². The molecular weight excluding hydrogens is 450 g/mol. The molecule has 6 nitrogen and oxygen atoms in total. The molecule has 0 aliphatic rings. The number of nitrogens with zero attached hydrogens (tertiary/aromatic N) is 2. The lowest BCUT2D eigenvalue weighted by Gasteiger charge is -2.18. The standard InChI is InChI=1S/C30H35N3O3/c1-20(2)24-10-6-9-13-27(24)35-17-16-33-26-12-8-7-11-25(26)32-30(33)23(5)31-29(34)19-36-28-18-21(3)14-15-22(28)4/h6-15,18,20,23H,16-17,19H2,1-5H3,(H,31,34). The quantitative estimate of drug-likeness (QED) is 0.294. The summed E-state index contributed by atoms with van der Waals surface area (Å²) in [6.07, 6.45) is 0. The van der Waals surface area contributed by atoms with Crippen LogP contribution in [0.2, 0.25) is 0 Å². The Bertz CT molecular complexity index is 1340. The van der Waals surface area contributed by atoms with E-state index in [0.29, 0.717) is 19.1 Å². The fraction of sp³-hybridized carbons (Fsp3) is 0.333. The average molecular weight is 486 g/mol. The van der Waals surface area contributed by atoms with Crippen LogP contribution in [-0.2, 0) is 11.3 Å². The Labute approximate surface area is 213 Å². The Kier molecular flexibility index (Phi) is 7.93. The van der Waals surface area contributed by atoms with E-state index >= 15 is 0 Å². The predicted octanol–water partition coefficient (Wildman–Crippen LogP) is 6.11. The summed E-state index contributed by atoms with van der Waals surface area (Å²) in [6, 6.07) is 21.8. The van der Waals surface area contributed by atoms with Crippen LogP contribution in [0.1, 0.15) is 55.2 Å². The van der Waals surface area contributed by atoms with Crippen molar-refractivity contribution in [2.45, 2.75) is 53.1 Å². The summed E-state index contributed by atoms with van der Waals surface area (Å²) < 4.78 is 14.1. The van der Waals surface area contributed by atoms with E-state index in [-0.39, 0.29) is 18.6 Å². The van der Waals surface area contributed by atoms with Gasteiger partial charge in [0.15, 0.2) is 6.61 Å². The van der Waals surface area contributed by atoms with Gasteiger partial charge in [-0.3, -0.25) is 4.79 Å². The fourth-order valence-electron chi connectivity index (χ4n) is 4.35. The second-order valence-corrected chi connectivity index (χ2v) is 9.50. The third-order valence-corrected chi connectivity index (χ3v) is 6.26. The molecule has 1 unspecified atom stereocenters. The summed E-state index contributed by atoms with van der Waals surface area (Å²) in [5.74, 6) is 2.61. The molecule has 3 aromatic carbocycles. The van der Waals surface area contributed by atoms with Gasteiger partial charge in [0, 0.05) is 0 Å². The van der Waals surface area contributed by atoms with Gasteiger partial charge in [0.2, 0.25) is 0 Å². The number of aromatic nitrogens is 2. The third-order valence-electron chi connectivity index (χ3n) is 6.26. The van der Waals surface area contributed by atoms with Crippen molar-refractivity contribution >= 4 is 16.9 Å². The van der Waals surface area contributed by atoms with Crippen LogP contribution in [0.5, 0.6) is 11.5 Å². The van der Waals surface area contributed by atoms with Crippen LogP contribution >= 0.6 is 0 Å². The molecule has 1 aromatic heterocycles. The second kappa shape index (κ2) is 11.3. The lowest BCUT2D eigenvalue weighted by molar-refractivity contribution is -0.123. The minimum atomic E-state index is -0.296. The SMILES string of the molecule is Cc1ccc(C)c(OCC(=O)NC(C)c2nc3ccccc3n2CCOc2ccccc2C(C)C)c1. The van der Waals surface area contributed by atoms with E-state index in [0.717, 1.165) is 39.5 Å². The highest BCUT2D eigenvalue weighted by Gasteiger charge is 2.19. The van der Waals surface area contributed by atoms with Gasteiger partial charge in [0.25, 0.3) is 5.91 Å². The van der Waals surface area contributed by atoms with Crippen LogP contribution in [0.15, 0.2) is 66.7 Å². The van der Waals surface area contributed by atoms with E-state index in [1.54, 1.807) is 0 Å².